The van der Waals surface area contributed by atoms with Crippen LogP contribution in [0.3, 0.4) is 0 Å². The lowest BCUT2D eigenvalue weighted by atomic mass is 10.2. The summed E-state index contributed by atoms with van der Waals surface area (Å²) in [5.74, 6) is -0.344. The lowest BCUT2D eigenvalue weighted by Gasteiger charge is -2.13. The molecule has 3 nitrogen and oxygen atoms in total. The van der Waals surface area contributed by atoms with E-state index in [4.69, 9.17) is 9.47 Å². The van der Waals surface area contributed by atoms with Crippen molar-refractivity contribution in [1.29, 1.82) is 0 Å². The van der Waals surface area contributed by atoms with Crippen molar-refractivity contribution in [1.82, 2.24) is 0 Å². The fourth-order valence-corrected chi connectivity index (χ4v) is 2.18. The Labute approximate surface area is 122 Å². The maximum absolute atomic E-state index is 11.8. The molecule has 1 atom stereocenters. The highest BCUT2D eigenvalue weighted by atomic mass is 127. The SMILES string of the molecule is CCOC(C)OC(=O)c1cc(I)ccc1I. The van der Waals surface area contributed by atoms with Gasteiger partial charge in [-0.15, -0.1) is 0 Å². The van der Waals surface area contributed by atoms with Crippen LogP contribution in [-0.2, 0) is 9.47 Å². The molecule has 0 aliphatic carbocycles. The fraction of sp³-hybridized carbons (Fsp3) is 0.364. The van der Waals surface area contributed by atoms with Crippen molar-refractivity contribution in [3.05, 3.63) is 30.9 Å². The van der Waals surface area contributed by atoms with Gasteiger partial charge in [0.2, 0.25) is 0 Å². The third-order valence-corrected chi connectivity index (χ3v) is 3.43. The van der Waals surface area contributed by atoms with Crippen LogP contribution in [0, 0.1) is 7.14 Å². The maximum atomic E-state index is 11.8. The first-order valence-electron chi connectivity index (χ1n) is 4.82. The summed E-state index contributed by atoms with van der Waals surface area (Å²) in [7, 11) is 0. The lowest BCUT2D eigenvalue weighted by molar-refractivity contribution is -0.0941. The number of esters is 1. The van der Waals surface area contributed by atoms with Gasteiger partial charge in [0.05, 0.1) is 5.56 Å². The molecule has 0 spiro atoms. The van der Waals surface area contributed by atoms with E-state index in [1.807, 2.05) is 25.1 Å². The van der Waals surface area contributed by atoms with E-state index in [2.05, 4.69) is 45.2 Å². The first-order valence-corrected chi connectivity index (χ1v) is 6.98. The van der Waals surface area contributed by atoms with E-state index in [1.54, 1.807) is 6.92 Å². The summed E-state index contributed by atoms with van der Waals surface area (Å²) in [6.45, 7) is 4.10. The smallest absolute Gasteiger partial charge is 0.341 e. The number of rotatable bonds is 4. The molecule has 0 aromatic heterocycles. The van der Waals surface area contributed by atoms with Crippen molar-refractivity contribution in [2.24, 2.45) is 0 Å². The van der Waals surface area contributed by atoms with Gasteiger partial charge < -0.3 is 9.47 Å². The Kier molecular flexibility index (Phi) is 5.98. The van der Waals surface area contributed by atoms with Crippen molar-refractivity contribution in [2.45, 2.75) is 20.1 Å². The lowest BCUT2D eigenvalue weighted by Crippen LogP contribution is -2.19. The summed E-state index contributed by atoms with van der Waals surface area (Å²) in [6.07, 6.45) is -0.508. The van der Waals surface area contributed by atoms with Crippen LogP contribution >= 0.6 is 45.2 Å². The first-order chi connectivity index (χ1) is 7.54. The zero-order valence-corrected chi connectivity index (χ0v) is 13.3. The normalized spacial score (nSPS) is 12.2. The van der Waals surface area contributed by atoms with Crippen molar-refractivity contribution >= 4 is 51.2 Å². The Morgan fingerprint density at radius 1 is 1.44 bits per heavy atom. The van der Waals surface area contributed by atoms with Gasteiger partial charge >= 0.3 is 5.97 Å². The largest absolute Gasteiger partial charge is 0.432 e. The number of carbonyl (C=O) groups is 1. The molecule has 88 valence electrons. The van der Waals surface area contributed by atoms with Gasteiger partial charge in [0.25, 0.3) is 0 Å². The molecule has 1 unspecified atom stereocenters. The van der Waals surface area contributed by atoms with Crippen LogP contribution in [0.2, 0.25) is 0 Å². The predicted molar refractivity (Wildman–Crippen MR) is 78.4 cm³/mol. The Hall–Kier alpha value is 0.110. The summed E-state index contributed by atoms with van der Waals surface area (Å²) in [5, 5.41) is 0. The van der Waals surface area contributed by atoms with Gasteiger partial charge in [-0.05, 0) is 77.2 Å². The van der Waals surface area contributed by atoms with Crippen molar-refractivity contribution in [2.75, 3.05) is 6.61 Å². The van der Waals surface area contributed by atoms with E-state index < -0.39 is 6.29 Å². The van der Waals surface area contributed by atoms with E-state index in [0.29, 0.717) is 12.2 Å². The second kappa shape index (κ2) is 6.75. The summed E-state index contributed by atoms with van der Waals surface area (Å²) >= 11 is 4.28. The second-order valence-corrected chi connectivity index (χ2v) is 5.46. The molecule has 1 aromatic rings. The average Bonchev–Trinajstić information content (AvgIpc) is 2.21. The Morgan fingerprint density at radius 3 is 2.75 bits per heavy atom. The van der Waals surface area contributed by atoms with Crippen LogP contribution in [0.15, 0.2) is 18.2 Å². The quantitative estimate of drug-likeness (QED) is 0.404. The third kappa shape index (κ3) is 4.17. The Morgan fingerprint density at radius 2 is 2.12 bits per heavy atom. The third-order valence-electron chi connectivity index (χ3n) is 1.82. The van der Waals surface area contributed by atoms with E-state index in [-0.39, 0.29) is 5.97 Å². The second-order valence-electron chi connectivity index (χ2n) is 3.05. The van der Waals surface area contributed by atoms with Gasteiger partial charge in [-0.3, -0.25) is 0 Å². The molecule has 1 rings (SSSR count). The number of ether oxygens (including phenoxy) is 2. The Bertz CT molecular complexity index is 379. The average molecular weight is 446 g/mol. The van der Waals surface area contributed by atoms with Crippen molar-refractivity contribution < 1.29 is 14.3 Å². The van der Waals surface area contributed by atoms with Crippen LogP contribution in [0.5, 0.6) is 0 Å². The van der Waals surface area contributed by atoms with Crippen molar-refractivity contribution in [3.8, 4) is 0 Å². The molecular formula is C11H12I2O3. The highest BCUT2D eigenvalue weighted by Gasteiger charge is 2.15. The Balaban J connectivity index is 2.76. The molecule has 0 heterocycles. The summed E-state index contributed by atoms with van der Waals surface area (Å²) in [6, 6.07) is 5.65. The summed E-state index contributed by atoms with van der Waals surface area (Å²) in [4.78, 5) is 11.8. The number of benzene rings is 1. The number of halogens is 2. The van der Waals surface area contributed by atoms with Gasteiger partial charge in [0, 0.05) is 13.7 Å². The molecule has 5 heteroatoms. The molecule has 1 aromatic carbocycles. The van der Waals surface area contributed by atoms with E-state index in [9.17, 15) is 4.79 Å². The molecule has 0 aliphatic heterocycles. The highest BCUT2D eigenvalue weighted by molar-refractivity contribution is 14.1. The van der Waals surface area contributed by atoms with Crippen LogP contribution in [-0.4, -0.2) is 18.9 Å². The molecule has 0 bridgehead atoms. The summed E-state index contributed by atoms with van der Waals surface area (Å²) < 4.78 is 12.2. The zero-order chi connectivity index (χ0) is 12.1. The maximum Gasteiger partial charge on any atom is 0.341 e. The molecule has 0 amide bonds. The molecule has 0 aliphatic rings. The minimum atomic E-state index is -0.508. The molecule has 0 saturated heterocycles. The first kappa shape index (κ1) is 14.2. The minimum Gasteiger partial charge on any atom is -0.432 e. The predicted octanol–water partition coefficient (Wildman–Crippen LogP) is 3.44. The molecular weight excluding hydrogens is 434 g/mol. The van der Waals surface area contributed by atoms with Crippen molar-refractivity contribution in [3.63, 3.8) is 0 Å². The van der Waals surface area contributed by atoms with Crippen LogP contribution in [0.1, 0.15) is 24.2 Å². The zero-order valence-electron chi connectivity index (χ0n) is 9.00. The summed E-state index contributed by atoms with van der Waals surface area (Å²) in [5.41, 5.74) is 0.582. The standard InChI is InChI=1S/C11H12I2O3/c1-3-15-7(2)16-11(14)9-6-8(12)4-5-10(9)13/h4-7H,3H2,1-2H3. The van der Waals surface area contributed by atoms with Gasteiger partial charge in [0.1, 0.15) is 0 Å². The fourth-order valence-electron chi connectivity index (χ4n) is 1.14. The molecule has 0 fully saturated rings. The highest BCUT2D eigenvalue weighted by Crippen LogP contribution is 2.17. The molecule has 16 heavy (non-hydrogen) atoms. The number of hydrogen-bond donors (Lipinski definition) is 0. The van der Waals surface area contributed by atoms with Crippen LogP contribution < -0.4 is 0 Å². The number of carbonyl (C=O) groups excluding carboxylic acids is 1. The van der Waals surface area contributed by atoms with Gasteiger partial charge in [-0.2, -0.15) is 0 Å². The van der Waals surface area contributed by atoms with Gasteiger partial charge in [0.15, 0.2) is 6.29 Å². The molecule has 0 radical (unpaired) electrons. The van der Waals surface area contributed by atoms with E-state index >= 15 is 0 Å². The van der Waals surface area contributed by atoms with Crippen LogP contribution in [0.4, 0.5) is 0 Å². The van der Waals surface area contributed by atoms with E-state index in [0.717, 1.165) is 7.14 Å². The van der Waals surface area contributed by atoms with Gasteiger partial charge in [-0.1, -0.05) is 0 Å². The van der Waals surface area contributed by atoms with Crippen LogP contribution in [0.25, 0.3) is 0 Å². The van der Waals surface area contributed by atoms with E-state index in [1.165, 1.54) is 0 Å². The molecule has 0 N–H and O–H groups in total. The topological polar surface area (TPSA) is 35.5 Å². The van der Waals surface area contributed by atoms with Gasteiger partial charge in [-0.25, -0.2) is 4.79 Å². The minimum absolute atomic E-state index is 0.344. The monoisotopic (exact) mass is 446 g/mol. The molecule has 0 saturated carbocycles. The number of hydrogen-bond acceptors (Lipinski definition) is 3.